The topological polar surface area (TPSA) is 53.4 Å². The molecule has 3 rings (SSSR count). The van der Waals surface area contributed by atoms with Gasteiger partial charge in [-0.1, -0.05) is 18.2 Å². The molecule has 0 bridgehead atoms. The summed E-state index contributed by atoms with van der Waals surface area (Å²) in [5.41, 5.74) is 1.23. The van der Waals surface area contributed by atoms with E-state index in [4.69, 9.17) is 10.1 Å². The smallest absolute Gasteiger partial charge is 0.271 e. The average Bonchev–Trinajstić information content (AvgIpc) is 2.83. The highest BCUT2D eigenvalue weighted by Gasteiger charge is 2.33. The number of ether oxygens (including phenoxy) is 1. The number of halogens is 1. The summed E-state index contributed by atoms with van der Waals surface area (Å²) in [5, 5.41) is 8.11. The van der Waals surface area contributed by atoms with Gasteiger partial charge in [0.05, 0.1) is 17.7 Å². The van der Waals surface area contributed by atoms with E-state index in [1.165, 1.54) is 29.2 Å². The van der Waals surface area contributed by atoms with E-state index >= 15 is 0 Å². The quantitative estimate of drug-likeness (QED) is 0.870. The van der Waals surface area contributed by atoms with Gasteiger partial charge >= 0.3 is 0 Å². The highest BCUT2D eigenvalue weighted by Crippen LogP contribution is 2.36. The van der Waals surface area contributed by atoms with Crippen molar-refractivity contribution in [2.24, 2.45) is 0 Å². The summed E-state index contributed by atoms with van der Waals surface area (Å²) in [5.74, 6) is -0.0398. The minimum absolute atomic E-state index is 0.0859. The molecule has 1 aliphatic rings. The Morgan fingerprint density at radius 1 is 1.17 bits per heavy atom. The summed E-state index contributed by atoms with van der Waals surface area (Å²) < 4.78 is 18.3. The number of carbonyl (C=O) groups excluding carboxylic acids is 1. The van der Waals surface area contributed by atoms with Crippen molar-refractivity contribution in [3.8, 4) is 5.75 Å². The molecule has 1 N–H and O–H groups in total. The number of anilines is 1. The van der Waals surface area contributed by atoms with Gasteiger partial charge in [0.25, 0.3) is 5.91 Å². The monoisotopic (exact) mass is 328 g/mol. The number of nitrogens with one attached hydrogen (secondary N) is 1. The lowest BCUT2D eigenvalue weighted by molar-refractivity contribution is -0.113. The van der Waals surface area contributed by atoms with Crippen LogP contribution in [0.25, 0.3) is 6.08 Å². The van der Waals surface area contributed by atoms with Gasteiger partial charge in [-0.2, -0.15) is 0 Å². The zero-order valence-electron chi connectivity index (χ0n) is 12.2. The Labute approximate surface area is 137 Å². The van der Waals surface area contributed by atoms with Crippen LogP contribution >= 0.6 is 11.8 Å². The van der Waals surface area contributed by atoms with E-state index in [9.17, 15) is 9.18 Å². The number of methoxy groups -OCH3 is 1. The Kier molecular flexibility index (Phi) is 4.16. The van der Waals surface area contributed by atoms with E-state index in [1.807, 2.05) is 18.2 Å². The molecule has 1 heterocycles. The fraction of sp³-hybridized carbons (Fsp3) is 0.0588. The summed E-state index contributed by atoms with van der Waals surface area (Å²) >= 11 is 1.07. The second-order valence-corrected chi connectivity index (χ2v) is 5.81. The number of benzene rings is 2. The highest BCUT2D eigenvalue weighted by atomic mass is 32.2. The lowest BCUT2D eigenvalue weighted by Gasteiger charge is -2.14. The fourth-order valence-corrected chi connectivity index (χ4v) is 3.09. The van der Waals surface area contributed by atoms with E-state index in [-0.39, 0.29) is 16.9 Å². The number of hydrogen-bond donors (Lipinski definition) is 1. The number of carbonyl (C=O) groups is 1. The summed E-state index contributed by atoms with van der Waals surface area (Å²) in [6.07, 6.45) is 1.70. The predicted octanol–water partition coefficient (Wildman–Crippen LogP) is 3.89. The van der Waals surface area contributed by atoms with Gasteiger partial charge in [0.2, 0.25) is 0 Å². The third-order valence-corrected chi connectivity index (χ3v) is 4.22. The minimum atomic E-state index is -0.385. The van der Waals surface area contributed by atoms with Crippen molar-refractivity contribution in [3.63, 3.8) is 0 Å². The van der Waals surface area contributed by atoms with Crippen molar-refractivity contribution >= 4 is 34.6 Å². The van der Waals surface area contributed by atoms with Crippen LogP contribution in [0.1, 0.15) is 5.56 Å². The lowest BCUT2D eigenvalue weighted by atomic mass is 10.2. The SMILES string of the molecule is COc1ccccc1C=C1SC(=N)N(c2ccc(F)cc2)C1=O. The van der Waals surface area contributed by atoms with Crippen LogP contribution in [0.5, 0.6) is 5.75 Å². The molecule has 0 aliphatic carbocycles. The Morgan fingerprint density at radius 2 is 1.87 bits per heavy atom. The molecule has 2 aromatic carbocycles. The van der Waals surface area contributed by atoms with Gasteiger partial charge in [0.1, 0.15) is 11.6 Å². The maximum Gasteiger partial charge on any atom is 0.271 e. The van der Waals surface area contributed by atoms with Crippen LogP contribution in [-0.2, 0) is 4.79 Å². The molecule has 1 amide bonds. The van der Waals surface area contributed by atoms with Gasteiger partial charge in [0.15, 0.2) is 5.17 Å². The van der Waals surface area contributed by atoms with Crippen molar-refractivity contribution in [2.45, 2.75) is 0 Å². The molecule has 1 aliphatic heterocycles. The summed E-state index contributed by atoms with van der Waals surface area (Å²) in [6.45, 7) is 0. The van der Waals surface area contributed by atoms with E-state index in [0.29, 0.717) is 16.3 Å². The number of rotatable bonds is 3. The molecule has 0 unspecified atom stereocenters. The van der Waals surface area contributed by atoms with Crippen LogP contribution in [0.2, 0.25) is 0 Å². The first-order valence-electron chi connectivity index (χ1n) is 6.81. The molecule has 0 aromatic heterocycles. The van der Waals surface area contributed by atoms with Crippen molar-refractivity contribution in [1.82, 2.24) is 0 Å². The molecule has 1 fully saturated rings. The molecule has 6 heteroatoms. The number of thioether (sulfide) groups is 1. The third-order valence-electron chi connectivity index (χ3n) is 3.33. The van der Waals surface area contributed by atoms with Crippen LogP contribution in [-0.4, -0.2) is 18.2 Å². The Balaban J connectivity index is 1.95. The van der Waals surface area contributed by atoms with Crippen molar-refractivity contribution in [3.05, 3.63) is 64.8 Å². The molecule has 0 saturated carbocycles. The van der Waals surface area contributed by atoms with Gasteiger partial charge in [-0.25, -0.2) is 4.39 Å². The van der Waals surface area contributed by atoms with Crippen molar-refractivity contribution in [2.75, 3.05) is 12.0 Å². The number of nitrogens with zero attached hydrogens (tertiary/aromatic N) is 1. The van der Waals surface area contributed by atoms with Gasteiger partial charge in [-0.3, -0.25) is 15.1 Å². The lowest BCUT2D eigenvalue weighted by Crippen LogP contribution is -2.28. The molecule has 0 spiro atoms. The van der Waals surface area contributed by atoms with Gasteiger partial charge in [0, 0.05) is 5.56 Å². The normalized spacial score (nSPS) is 16.3. The molecule has 0 radical (unpaired) electrons. The predicted molar refractivity (Wildman–Crippen MR) is 90.2 cm³/mol. The molecule has 23 heavy (non-hydrogen) atoms. The molecule has 1 saturated heterocycles. The van der Waals surface area contributed by atoms with Gasteiger partial charge in [-0.05, 0) is 48.2 Å². The van der Waals surface area contributed by atoms with Gasteiger partial charge < -0.3 is 4.74 Å². The second kappa shape index (κ2) is 6.26. The molecular weight excluding hydrogens is 315 g/mol. The standard InChI is InChI=1S/C17H13FN2O2S/c1-22-14-5-3-2-4-11(14)10-15-16(21)20(17(19)23-15)13-8-6-12(18)7-9-13/h2-10,19H,1H3. The van der Waals surface area contributed by atoms with Crippen molar-refractivity contribution in [1.29, 1.82) is 5.41 Å². The minimum Gasteiger partial charge on any atom is -0.496 e. The number of hydrogen-bond acceptors (Lipinski definition) is 4. The highest BCUT2D eigenvalue weighted by molar-refractivity contribution is 8.19. The molecule has 0 atom stereocenters. The maximum absolute atomic E-state index is 13.0. The summed E-state index contributed by atoms with van der Waals surface area (Å²) in [6, 6.07) is 12.8. The summed E-state index contributed by atoms with van der Waals surface area (Å²) in [4.78, 5) is 14.2. The van der Waals surface area contributed by atoms with E-state index in [2.05, 4.69) is 0 Å². The maximum atomic E-state index is 13.0. The number of amidine groups is 1. The van der Waals surface area contributed by atoms with E-state index in [0.717, 1.165) is 17.3 Å². The van der Waals surface area contributed by atoms with E-state index < -0.39 is 0 Å². The van der Waals surface area contributed by atoms with Crippen molar-refractivity contribution < 1.29 is 13.9 Å². The molecule has 116 valence electrons. The first-order chi connectivity index (χ1) is 11.1. The average molecular weight is 328 g/mol. The Bertz CT molecular complexity index is 802. The fourth-order valence-electron chi connectivity index (χ4n) is 2.24. The molecule has 2 aromatic rings. The zero-order valence-corrected chi connectivity index (χ0v) is 13.1. The Morgan fingerprint density at radius 3 is 2.57 bits per heavy atom. The number of para-hydroxylation sites is 1. The first-order valence-corrected chi connectivity index (χ1v) is 7.63. The van der Waals surface area contributed by atoms with Gasteiger partial charge in [-0.15, -0.1) is 0 Å². The largest absolute Gasteiger partial charge is 0.496 e. The van der Waals surface area contributed by atoms with Crippen LogP contribution in [0.4, 0.5) is 10.1 Å². The summed E-state index contributed by atoms with van der Waals surface area (Å²) in [7, 11) is 1.56. The van der Waals surface area contributed by atoms with Crippen LogP contribution in [0.3, 0.4) is 0 Å². The first kappa shape index (κ1) is 15.3. The number of amides is 1. The van der Waals surface area contributed by atoms with Crippen LogP contribution in [0.15, 0.2) is 53.4 Å². The zero-order chi connectivity index (χ0) is 16.4. The molecular formula is C17H13FN2O2S. The third kappa shape index (κ3) is 2.98. The van der Waals surface area contributed by atoms with Crippen LogP contribution < -0.4 is 9.64 Å². The molecule has 4 nitrogen and oxygen atoms in total. The Hall–Kier alpha value is -2.60. The van der Waals surface area contributed by atoms with Crippen LogP contribution in [0, 0.1) is 11.2 Å². The van der Waals surface area contributed by atoms with E-state index in [1.54, 1.807) is 19.3 Å². The second-order valence-electron chi connectivity index (χ2n) is 4.77.